The van der Waals surface area contributed by atoms with E-state index in [0.717, 1.165) is 34.6 Å². The fraction of sp³-hybridized carbons (Fsp3) is 0.303. The normalized spacial score (nSPS) is 14.2. The highest BCUT2D eigenvalue weighted by Gasteiger charge is 2.35. The van der Waals surface area contributed by atoms with Crippen molar-refractivity contribution in [3.8, 4) is 11.5 Å². The Morgan fingerprint density at radius 3 is 2.64 bits per heavy atom. The van der Waals surface area contributed by atoms with Crippen LogP contribution in [-0.2, 0) is 11.4 Å². The number of fused-ring (bicyclic) bond motifs is 1. The van der Waals surface area contributed by atoms with Crippen molar-refractivity contribution in [2.75, 3.05) is 23.0 Å². The number of aromatic nitrogens is 3. The smallest absolute Gasteiger partial charge is 0.255 e. The average Bonchev–Trinajstić information content (AvgIpc) is 3.40. The zero-order valence-corrected chi connectivity index (χ0v) is 26.9. The quantitative estimate of drug-likeness (QED) is 0.161. The first-order valence-corrected chi connectivity index (χ1v) is 15.8. The number of hydrogen-bond donors (Lipinski definition) is 2. The minimum atomic E-state index is -0.617. The van der Waals surface area contributed by atoms with E-state index in [1.165, 1.54) is 6.07 Å². The maximum atomic E-state index is 14.4. The van der Waals surface area contributed by atoms with Crippen LogP contribution in [0.2, 0.25) is 5.02 Å². The summed E-state index contributed by atoms with van der Waals surface area (Å²) in [5, 5.41) is 12.1. The van der Waals surface area contributed by atoms with Gasteiger partial charge in [-0.05, 0) is 81.1 Å². The zero-order valence-electron chi connectivity index (χ0n) is 25.3. The molecule has 1 aliphatic rings. The minimum absolute atomic E-state index is 0.0774. The Kier molecular flexibility index (Phi) is 9.80. The second-order valence-corrected chi connectivity index (χ2v) is 11.9. The molecule has 1 aromatic heterocycles. The molecule has 8 nitrogen and oxygen atoms in total. The number of benzene rings is 3. The topological polar surface area (TPSA) is 90.3 Å². The van der Waals surface area contributed by atoms with Gasteiger partial charge in [-0.15, -0.1) is 5.10 Å². The first kappa shape index (κ1) is 31.4. The lowest BCUT2D eigenvalue weighted by Crippen LogP contribution is -2.31. The van der Waals surface area contributed by atoms with Gasteiger partial charge in [0.25, 0.3) is 5.91 Å². The molecule has 3 aromatic carbocycles. The average molecular weight is 636 g/mol. The highest BCUT2D eigenvalue weighted by atomic mass is 35.5. The number of nitrogens with zero attached hydrogens (tertiary/aromatic N) is 3. The van der Waals surface area contributed by atoms with Gasteiger partial charge < -0.3 is 20.1 Å². The summed E-state index contributed by atoms with van der Waals surface area (Å²) in [5.74, 6) is 1.58. The van der Waals surface area contributed by atoms with Crippen molar-refractivity contribution in [3.05, 3.63) is 99.0 Å². The minimum Gasteiger partial charge on any atom is -0.490 e. The summed E-state index contributed by atoms with van der Waals surface area (Å²) in [6.07, 6.45) is 0.976. The van der Waals surface area contributed by atoms with Crippen LogP contribution in [0, 0.1) is 19.7 Å². The van der Waals surface area contributed by atoms with Gasteiger partial charge in [0.05, 0.1) is 17.2 Å². The molecular formula is C33H35ClFN5O3S. The number of nitrogens with one attached hydrogen (secondary N) is 2. The summed E-state index contributed by atoms with van der Waals surface area (Å²) in [7, 11) is 0. The van der Waals surface area contributed by atoms with Crippen LogP contribution in [0.1, 0.15) is 55.5 Å². The summed E-state index contributed by atoms with van der Waals surface area (Å²) in [4.78, 5) is 18.7. The third-order valence-corrected chi connectivity index (χ3v) is 8.78. The largest absolute Gasteiger partial charge is 0.490 e. The number of amides is 1. The summed E-state index contributed by atoms with van der Waals surface area (Å²) < 4.78 is 28.2. The summed E-state index contributed by atoms with van der Waals surface area (Å²) in [6.45, 7) is 10.1. The van der Waals surface area contributed by atoms with E-state index in [1.54, 1.807) is 34.6 Å². The molecule has 1 unspecified atom stereocenters. The van der Waals surface area contributed by atoms with Crippen LogP contribution in [0.15, 0.2) is 71.0 Å². The molecule has 0 bridgehead atoms. The van der Waals surface area contributed by atoms with Crippen LogP contribution < -0.4 is 20.1 Å². The molecule has 0 radical (unpaired) electrons. The van der Waals surface area contributed by atoms with Crippen molar-refractivity contribution in [2.24, 2.45) is 0 Å². The number of carbonyl (C=O) groups excluding carboxylic acids is 1. The fourth-order valence-electron chi connectivity index (χ4n) is 4.97. The van der Waals surface area contributed by atoms with Gasteiger partial charge in [0.15, 0.2) is 11.5 Å². The Morgan fingerprint density at radius 2 is 1.89 bits per heavy atom. The molecule has 1 aliphatic heterocycles. The van der Waals surface area contributed by atoms with Crippen LogP contribution in [0.3, 0.4) is 0 Å². The van der Waals surface area contributed by atoms with Gasteiger partial charge in [-0.3, -0.25) is 4.79 Å². The third-order valence-electron chi connectivity index (χ3n) is 7.38. The lowest BCUT2D eigenvalue weighted by atomic mass is 9.94. The van der Waals surface area contributed by atoms with Gasteiger partial charge in [0, 0.05) is 22.7 Å². The number of anilines is 2. The van der Waals surface area contributed by atoms with E-state index in [-0.39, 0.29) is 23.1 Å². The molecule has 2 N–H and O–H groups in total. The summed E-state index contributed by atoms with van der Waals surface area (Å²) >= 11 is 7.78. The monoisotopic (exact) mass is 635 g/mol. The van der Waals surface area contributed by atoms with Gasteiger partial charge in [0.1, 0.15) is 18.5 Å². The number of halogens is 2. The Balaban J connectivity index is 1.55. The van der Waals surface area contributed by atoms with Crippen molar-refractivity contribution in [2.45, 2.75) is 58.8 Å². The number of carbonyl (C=O) groups is 1. The van der Waals surface area contributed by atoms with Gasteiger partial charge in [-0.2, -0.15) is 4.98 Å². The van der Waals surface area contributed by atoms with E-state index in [1.807, 2.05) is 58.0 Å². The van der Waals surface area contributed by atoms with E-state index >= 15 is 0 Å². The van der Waals surface area contributed by atoms with E-state index in [9.17, 15) is 9.18 Å². The number of thioether (sulfide) groups is 1. The molecule has 0 fully saturated rings. The summed E-state index contributed by atoms with van der Waals surface area (Å²) in [6, 6.07) is 15.2. The predicted octanol–water partition coefficient (Wildman–Crippen LogP) is 8.09. The van der Waals surface area contributed by atoms with Crippen molar-refractivity contribution < 1.29 is 18.7 Å². The Labute approximate surface area is 266 Å². The van der Waals surface area contributed by atoms with Crippen molar-refractivity contribution in [1.29, 1.82) is 0 Å². The first-order valence-electron chi connectivity index (χ1n) is 14.5. The molecule has 44 heavy (non-hydrogen) atoms. The van der Waals surface area contributed by atoms with E-state index in [4.69, 9.17) is 31.2 Å². The predicted molar refractivity (Wildman–Crippen MR) is 173 cm³/mol. The van der Waals surface area contributed by atoms with E-state index in [2.05, 4.69) is 17.6 Å². The molecule has 0 aliphatic carbocycles. The Morgan fingerprint density at radius 1 is 1.09 bits per heavy atom. The molecule has 11 heteroatoms. The molecule has 5 rings (SSSR count). The third kappa shape index (κ3) is 6.56. The van der Waals surface area contributed by atoms with Crippen molar-refractivity contribution in [1.82, 2.24) is 14.8 Å². The second kappa shape index (κ2) is 13.7. The fourth-order valence-corrected chi connectivity index (χ4v) is 5.87. The Hall–Kier alpha value is -4.02. The molecular weight excluding hydrogens is 601 g/mol. The SMILES string of the molecule is CCCSc1nc2n(n1)C(c1ccc(OCc3c(F)cccc3Cl)c(OCC)c1)C(C(=O)Nc1cccc(C)c1C)=C(C)N2. The van der Waals surface area contributed by atoms with Crippen LogP contribution >= 0.6 is 23.4 Å². The zero-order chi connectivity index (χ0) is 31.4. The van der Waals surface area contributed by atoms with Crippen LogP contribution in [0.25, 0.3) is 0 Å². The molecule has 4 aromatic rings. The van der Waals surface area contributed by atoms with Crippen LogP contribution in [0.4, 0.5) is 16.0 Å². The lowest BCUT2D eigenvalue weighted by molar-refractivity contribution is -0.113. The van der Waals surface area contributed by atoms with Gasteiger partial charge in [-0.25, -0.2) is 9.07 Å². The lowest BCUT2D eigenvalue weighted by Gasteiger charge is -2.29. The number of rotatable bonds is 11. The van der Waals surface area contributed by atoms with Crippen LogP contribution in [0.5, 0.6) is 11.5 Å². The van der Waals surface area contributed by atoms with Crippen LogP contribution in [-0.4, -0.2) is 33.0 Å². The highest BCUT2D eigenvalue weighted by Crippen LogP contribution is 2.40. The summed E-state index contributed by atoms with van der Waals surface area (Å²) in [5.41, 5.74) is 4.97. The molecule has 0 saturated carbocycles. The number of aryl methyl sites for hydroxylation is 1. The van der Waals surface area contributed by atoms with E-state index < -0.39 is 11.9 Å². The van der Waals surface area contributed by atoms with Gasteiger partial charge in [-0.1, -0.05) is 54.6 Å². The van der Waals surface area contributed by atoms with Crippen molar-refractivity contribution >= 4 is 40.9 Å². The number of allylic oxidation sites excluding steroid dienone is 1. The van der Waals surface area contributed by atoms with E-state index in [0.29, 0.717) is 40.5 Å². The standard InChI is InChI=1S/C33H35ClFN5O3S/c1-6-16-44-33-38-32-36-21(5)29(31(41)37-26-13-8-10-19(3)20(26)4)30(40(32)39-33)22-14-15-27(28(17-22)42-7-2)43-18-23-24(34)11-9-12-25(23)35/h8-15,17,30H,6-7,16,18H2,1-5H3,(H,37,41)(H,36,38,39). The molecule has 1 amide bonds. The van der Waals surface area contributed by atoms with Crippen molar-refractivity contribution in [3.63, 3.8) is 0 Å². The maximum Gasteiger partial charge on any atom is 0.255 e. The number of ether oxygens (including phenoxy) is 2. The molecule has 2 heterocycles. The molecule has 0 saturated heterocycles. The molecule has 1 atom stereocenters. The molecule has 230 valence electrons. The second-order valence-electron chi connectivity index (χ2n) is 10.4. The van der Waals surface area contributed by atoms with Gasteiger partial charge in [0.2, 0.25) is 11.1 Å². The van der Waals surface area contributed by atoms with Gasteiger partial charge >= 0.3 is 0 Å². The maximum absolute atomic E-state index is 14.4. The Bertz CT molecular complexity index is 1700. The number of hydrogen-bond acceptors (Lipinski definition) is 7. The first-order chi connectivity index (χ1) is 21.2. The molecule has 0 spiro atoms. The highest BCUT2D eigenvalue weighted by molar-refractivity contribution is 7.99.